The van der Waals surface area contributed by atoms with Crippen molar-refractivity contribution in [3.8, 4) is 11.5 Å². The van der Waals surface area contributed by atoms with Crippen LogP contribution in [0.5, 0.6) is 11.5 Å². The maximum Gasteiger partial charge on any atom is 0.257 e. The summed E-state index contributed by atoms with van der Waals surface area (Å²) in [4.78, 5) is 19.9. The van der Waals surface area contributed by atoms with Gasteiger partial charge >= 0.3 is 0 Å². The zero-order valence-electron chi connectivity index (χ0n) is 21.5. The Bertz CT molecular complexity index is 1040. The van der Waals surface area contributed by atoms with E-state index in [1.165, 1.54) is 11.8 Å². The molecule has 2 aromatic rings. The van der Waals surface area contributed by atoms with Crippen LogP contribution in [0.25, 0.3) is 0 Å². The van der Waals surface area contributed by atoms with Gasteiger partial charge in [0.2, 0.25) is 0 Å². The van der Waals surface area contributed by atoms with E-state index < -0.39 is 0 Å². The fourth-order valence-electron chi connectivity index (χ4n) is 5.22. The number of hydrogen-bond donors (Lipinski definition) is 2. The predicted octanol–water partition coefficient (Wildman–Crippen LogP) is 4.10. The molecule has 1 amide bonds. The first-order chi connectivity index (χ1) is 16.7. The minimum atomic E-state index is -0.263. The Morgan fingerprint density at radius 1 is 1.06 bits per heavy atom. The molecule has 4 rings (SSSR count). The van der Waals surface area contributed by atoms with E-state index in [1.54, 1.807) is 18.0 Å². The van der Waals surface area contributed by atoms with Gasteiger partial charge in [0.15, 0.2) is 0 Å². The number of phenols is 2. The topological polar surface area (TPSA) is 76.5 Å². The Kier molecular flexibility index (Phi) is 7.87. The molecule has 0 saturated carbocycles. The van der Waals surface area contributed by atoms with Gasteiger partial charge in [0.25, 0.3) is 5.91 Å². The molecule has 0 aliphatic carbocycles. The smallest absolute Gasteiger partial charge is 0.257 e. The van der Waals surface area contributed by atoms with Crippen molar-refractivity contribution in [1.82, 2.24) is 9.80 Å². The molecule has 2 aliphatic heterocycles. The minimum absolute atomic E-state index is 0.0117. The number of rotatable bonds is 6. The first-order valence-electron chi connectivity index (χ1n) is 12.7. The van der Waals surface area contributed by atoms with Gasteiger partial charge in [0.05, 0.1) is 18.8 Å². The number of nitrogens with zero attached hydrogens (tertiary/aromatic N) is 3. The van der Waals surface area contributed by atoms with Gasteiger partial charge in [-0.2, -0.15) is 0 Å². The van der Waals surface area contributed by atoms with Crippen molar-refractivity contribution in [3.63, 3.8) is 0 Å². The Morgan fingerprint density at radius 2 is 1.74 bits per heavy atom. The van der Waals surface area contributed by atoms with Crippen molar-refractivity contribution in [2.75, 3.05) is 51.3 Å². The summed E-state index contributed by atoms with van der Waals surface area (Å²) in [6, 6.07) is 10.0. The molecule has 0 radical (unpaired) electrons. The highest BCUT2D eigenvalue weighted by molar-refractivity contribution is 5.97. The van der Waals surface area contributed by atoms with E-state index in [2.05, 4.69) is 34.9 Å². The highest BCUT2D eigenvalue weighted by atomic mass is 16.5. The van der Waals surface area contributed by atoms with Crippen molar-refractivity contribution in [3.05, 3.63) is 52.6 Å². The van der Waals surface area contributed by atoms with Gasteiger partial charge in [-0.05, 0) is 60.6 Å². The fraction of sp³-hybridized carbons (Fsp3) is 0.536. The molecule has 2 heterocycles. The number of ether oxygens (including phenoxy) is 1. The monoisotopic (exact) mass is 481 g/mol. The summed E-state index contributed by atoms with van der Waals surface area (Å²) in [5.41, 5.74) is 4.29. The molecule has 2 aliphatic rings. The van der Waals surface area contributed by atoms with Crippen molar-refractivity contribution in [2.24, 2.45) is 0 Å². The van der Waals surface area contributed by atoms with Crippen LogP contribution >= 0.6 is 0 Å². The van der Waals surface area contributed by atoms with E-state index in [1.807, 2.05) is 13.8 Å². The quantitative estimate of drug-likeness (QED) is 0.647. The number of piperidine rings is 1. The second kappa shape index (κ2) is 10.9. The normalized spacial score (nSPS) is 17.7. The van der Waals surface area contributed by atoms with Crippen LogP contribution in [-0.2, 0) is 11.3 Å². The highest BCUT2D eigenvalue weighted by Crippen LogP contribution is 2.33. The SMILES string of the molecule is Cc1ccc(N2CCC(N3CCOCC3)CC2)cc1CN(C)C(=O)c1cc(C(C)C)c(O)cc1O. The van der Waals surface area contributed by atoms with Gasteiger partial charge in [-0.15, -0.1) is 0 Å². The van der Waals surface area contributed by atoms with Gasteiger partial charge in [0.1, 0.15) is 11.5 Å². The summed E-state index contributed by atoms with van der Waals surface area (Å²) >= 11 is 0. The zero-order valence-corrected chi connectivity index (χ0v) is 21.5. The minimum Gasteiger partial charge on any atom is -0.508 e. The van der Waals surface area contributed by atoms with Gasteiger partial charge in [-0.1, -0.05) is 19.9 Å². The average Bonchev–Trinajstić information content (AvgIpc) is 2.85. The summed E-state index contributed by atoms with van der Waals surface area (Å²) < 4.78 is 5.50. The summed E-state index contributed by atoms with van der Waals surface area (Å²) in [5.74, 6) is -0.408. The highest BCUT2D eigenvalue weighted by Gasteiger charge is 2.26. The Morgan fingerprint density at radius 3 is 2.40 bits per heavy atom. The van der Waals surface area contributed by atoms with Crippen LogP contribution in [0.3, 0.4) is 0 Å². The molecule has 2 fully saturated rings. The number of aromatic hydroxyl groups is 2. The molecule has 2 aromatic carbocycles. The van der Waals surface area contributed by atoms with Crippen LogP contribution in [0.1, 0.15) is 59.7 Å². The van der Waals surface area contributed by atoms with Crippen LogP contribution < -0.4 is 4.90 Å². The molecule has 35 heavy (non-hydrogen) atoms. The van der Waals surface area contributed by atoms with Crippen molar-refractivity contribution < 1.29 is 19.7 Å². The van der Waals surface area contributed by atoms with Crippen LogP contribution in [0.4, 0.5) is 5.69 Å². The maximum atomic E-state index is 13.2. The number of benzene rings is 2. The van der Waals surface area contributed by atoms with E-state index in [9.17, 15) is 15.0 Å². The van der Waals surface area contributed by atoms with Crippen LogP contribution in [0, 0.1) is 6.92 Å². The second-order valence-electron chi connectivity index (χ2n) is 10.2. The summed E-state index contributed by atoms with van der Waals surface area (Å²) in [5, 5.41) is 20.5. The van der Waals surface area contributed by atoms with Crippen LogP contribution in [-0.4, -0.2) is 78.4 Å². The van der Waals surface area contributed by atoms with Crippen molar-refractivity contribution in [1.29, 1.82) is 0 Å². The zero-order chi connectivity index (χ0) is 25.1. The molecule has 0 spiro atoms. The maximum absolute atomic E-state index is 13.2. The Hall–Kier alpha value is -2.77. The third-order valence-electron chi connectivity index (χ3n) is 7.48. The van der Waals surface area contributed by atoms with Crippen molar-refractivity contribution in [2.45, 2.75) is 52.1 Å². The number of aryl methyl sites for hydroxylation is 1. The number of anilines is 1. The second-order valence-corrected chi connectivity index (χ2v) is 10.2. The van der Waals surface area contributed by atoms with Gasteiger partial charge in [-0.25, -0.2) is 0 Å². The number of phenolic OH excluding ortho intramolecular Hbond substituents is 2. The Balaban J connectivity index is 1.44. The first kappa shape index (κ1) is 25.3. The van der Waals surface area contributed by atoms with E-state index in [0.717, 1.165) is 63.4 Å². The number of hydrogen-bond acceptors (Lipinski definition) is 6. The molecule has 0 unspecified atom stereocenters. The summed E-state index contributed by atoms with van der Waals surface area (Å²) in [6.07, 6.45) is 2.31. The molecular formula is C28H39N3O4. The lowest BCUT2D eigenvalue weighted by atomic mass is 9.98. The first-order valence-corrected chi connectivity index (χ1v) is 12.7. The van der Waals surface area contributed by atoms with E-state index in [4.69, 9.17) is 4.74 Å². The van der Waals surface area contributed by atoms with E-state index >= 15 is 0 Å². The molecule has 2 N–H and O–H groups in total. The number of morpholine rings is 1. The lowest BCUT2D eigenvalue weighted by molar-refractivity contribution is 0.0115. The van der Waals surface area contributed by atoms with E-state index in [0.29, 0.717) is 18.2 Å². The Labute approximate surface area is 208 Å². The molecular weight excluding hydrogens is 442 g/mol. The molecule has 0 bridgehead atoms. The van der Waals surface area contributed by atoms with Gasteiger partial charge in [-0.3, -0.25) is 9.69 Å². The third kappa shape index (κ3) is 5.73. The predicted molar refractivity (Wildman–Crippen MR) is 138 cm³/mol. The van der Waals surface area contributed by atoms with E-state index in [-0.39, 0.29) is 28.9 Å². The van der Waals surface area contributed by atoms with Crippen LogP contribution in [0.2, 0.25) is 0 Å². The standard InChI is InChI=1S/C28H39N3O4/c1-19(2)24-16-25(27(33)17-26(24)32)28(34)29(4)18-21-15-23(6-5-20(21)3)30-9-7-22(8-10-30)31-11-13-35-14-12-31/h5-6,15-17,19,22,32-33H,7-14,18H2,1-4H3. The number of amides is 1. The van der Waals surface area contributed by atoms with Crippen LogP contribution in [0.15, 0.2) is 30.3 Å². The number of carbonyl (C=O) groups is 1. The molecule has 7 nitrogen and oxygen atoms in total. The molecule has 7 heteroatoms. The van der Waals surface area contributed by atoms with Gasteiger partial charge in [0, 0.05) is 57.6 Å². The average molecular weight is 482 g/mol. The number of carbonyl (C=O) groups excluding carboxylic acids is 1. The molecule has 2 saturated heterocycles. The lowest BCUT2D eigenvalue weighted by Crippen LogP contribution is -2.49. The largest absolute Gasteiger partial charge is 0.508 e. The van der Waals surface area contributed by atoms with Gasteiger partial charge < -0.3 is 24.7 Å². The summed E-state index contributed by atoms with van der Waals surface area (Å²) in [7, 11) is 1.75. The molecule has 0 atom stereocenters. The fourth-order valence-corrected chi connectivity index (χ4v) is 5.22. The summed E-state index contributed by atoms with van der Waals surface area (Å²) in [6.45, 7) is 12.2. The van der Waals surface area contributed by atoms with Crippen molar-refractivity contribution >= 4 is 11.6 Å². The lowest BCUT2D eigenvalue weighted by Gasteiger charge is -2.41. The molecule has 0 aromatic heterocycles. The third-order valence-corrected chi connectivity index (χ3v) is 7.48. The molecule has 190 valence electrons.